The van der Waals surface area contributed by atoms with E-state index in [4.69, 9.17) is 4.74 Å². The van der Waals surface area contributed by atoms with Gasteiger partial charge in [0.05, 0.1) is 11.5 Å². The van der Waals surface area contributed by atoms with Gasteiger partial charge in [-0.2, -0.15) is 0 Å². The molecule has 0 aromatic carbocycles. The molecule has 2 rings (SSSR count). The first kappa shape index (κ1) is 16.7. The number of thiophene rings is 1. The quantitative estimate of drug-likeness (QED) is 0.587. The van der Waals surface area contributed by atoms with Crippen LogP contribution in [0.1, 0.15) is 11.3 Å². The van der Waals surface area contributed by atoms with E-state index in [9.17, 15) is 18.0 Å². The smallest absolute Gasteiger partial charge is 0.331 e. The average Bonchev–Trinajstić information content (AvgIpc) is 3.10. The van der Waals surface area contributed by atoms with Crippen molar-refractivity contribution in [3.05, 3.63) is 28.5 Å². The molecule has 0 aliphatic carbocycles. The third-order valence-corrected chi connectivity index (χ3v) is 6.00. The second-order valence-electron chi connectivity index (χ2n) is 5.02. The number of hydrogen-bond acceptors (Lipinski definition) is 6. The number of carbonyl (C=O) groups excluding carboxylic acids is 2. The zero-order valence-electron chi connectivity index (χ0n) is 12.1. The summed E-state index contributed by atoms with van der Waals surface area (Å²) in [4.78, 5) is 25.7. The van der Waals surface area contributed by atoms with Crippen LogP contribution < -0.4 is 0 Å². The molecule has 1 aromatic heterocycles. The summed E-state index contributed by atoms with van der Waals surface area (Å²) in [6.45, 7) is -0.388. The average molecular weight is 343 g/mol. The van der Waals surface area contributed by atoms with Crippen molar-refractivity contribution in [3.63, 3.8) is 0 Å². The number of hydrogen-bond donors (Lipinski definition) is 0. The van der Waals surface area contributed by atoms with E-state index < -0.39 is 21.7 Å². The van der Waals surface area contributed by atoms with Crippen LogP contribution in [0.3, 0.4) is 0 Å². The Labute approximate surface area is 133 Å². The Balaban J connectivity index is 1.78. The van der Waals surface area contributed by atoms with E-state index in [1.807, 2.05) is 17.5 Å². The van der Waals surface area contributed by atoms with Crippen LogP contribution in [0.15, 0.2) is 23.6 Å². The lowest BCUT2D eigenvalue weighted by Gasteiger charge is -2.22. The van der Waals surface area contributed by atoms with Gasteiger partial charge >= 0.3 is 5.97 Å². The van der Waals surface area contributed by atoms with Gasteiger partial charge in [0.25, 0.3) is 5.91 Å². The molecule has 120 valence electrons. The van der Waals surface area contributed by atoms with Crippen molar-refractivity contribution in [2.45, 2.75) is 12.5 Å². The standard InChI is InChI=1S/C14H17NO5S2/c1-15(11-6-8-22(18,19)10-11)13(16)9-20-14(17)5-4-12-3-2-7-21-12/h2-5,7,11H,6,8-10H2,1H3/b5-4+/t11-/m1/s1. The van der Waals surface area contributed by atoms with Gasteiger partial charge in [-0.1, -0.05) is 6.07 Å². The highest BCUT2D eigenvalue weighted by molar-refractivity contribution is 7.91. The van der Waals surface area contributed by atoms with Crippen LogP contribution in [0.2, 0.25) is 0 Å². The van der Waals surface area contributed by atoms with E-state index in [2.05, 4.69) is 0 Å². The Hall–Kier alpha value is -1.67. The number of esters is 1. The largest absolute Gasteiger partial charge is 0.452 e. The molecule has 1 saturated heterocycles. The number of carbonyl (C=O) groups is 2. The molecule has 6 nitrogen and oxygen atoms in total. The van der Waals surface area contributed by atoms with Crippen LogP contribution in [0.4, 0.5) is 0 Å². The Morgan fingerprint density at radius 1 is 1.50 bits per heavy atom. The molecule has 0 saturated carbocycles. The first-order valence-electron chi connectivity index (χ1n) is 6.72. The summed E-state index contributed by atoms with van der Waals surface area (Å²) in [6, 6.07) is 3.38. The summed E-state index contributed by atoms with van der Waals surface area (Å²) in [7, 11) is -1.52. The zero-order chi connectivity index (χ0) is 16.2. The molecule has 1 aliphatic heterocycles. The van der Waals surface area contributed by atoms with E-state index in [0.29, 0.717) is 6.42 Å². The predicted molar refractivity (Wildman–Crippen MR) is 84.1 cm³/mol. The fraction of sp³-hybridized carbons (Fsp3) is 0.429. The first-order chi connectivity index (χ1) is 10.4. The molecular weight excluding hydrogens is 326 g/mol. The maximum Gasteiger partial charge on any atom is 0.331 e. The van der Waals surface area contributed by atoms with Gasteiger partial charge in [0.1, 0.15) is 0 Å². The minimum atomic E-state index is -3.05. The van der Waals surface area contributed by atoms with Crippen LogP contribution in [-0.4, -0.2) is 56.4 Å². The molecule has 0 spiro atoms. The number of likely N-dealkylation sites (N-methyl/N-ethyl adjacent to an activating group) is 1. The summed E-state index contributed by atoms with van der Waals surface area (Å²) < 4.78 is 27.7. The lowest BCUT2D eigenvalue weighted by molar-refractivity contribution is -0.148. The highest BCUT2D eigenvalue weighted by Gasteiger charge is 2.32. The Morgan fingerprint density at radius 2 is 2.27 bits per heavy atom. The minimum Gasteiger partial charge on any atom is -0.452 e. The van der Waals surface area contributed by atoms with Crippen molar-refractivity contribution in [2.24, 2.45) is 0 Å². The summed E-state index contributed by atoms with van der Waals surface area (Å²) in [6.07, 6.45) is 3.31. The van der Waals surface area contributed by atoms with Gasteiger partial charge in [-0.05, 0) is 23.9 Å². The van der Waals surface area contributed by atoms with Crippen LogP contribution >= 0.6 is 11.3 Å². The first-order valence-corrected chi connectivity index (χ1v) is 9.42. The van der Waals surface area contributed by atoms with Gasteiger partial charge in [0, 0.05) is 24.0 Å². The molecule has 1 atom stereocenters. The molecule has 0 bridgehead atoms. The molecule has 1 aromatic rings. The summed E-state index contributed by atoms with van der Waals surface area (Å²) >= 11 is 1.48. The number of nitrogens with zero attached hydrogens (tertiary/aromatic N) is 1. The molecule has 0 N–H and O–H groups in total. The Morgan fingerprint density at radius 3 is 2.86 bits per heavy atom. The summed E-state index contributed by atoms with van der Waals surface area (Å²) in [5.74, 6) is -0.936. The Kier molecular flexibility index (Phi) is 5.36. The number of rotatable bonds is 5. The number of sulfone groups is 1. The van der Waals surface area contributed by atoms with Crippen molar-refractivity contribution < 1.29 is 22.7 Å². The second-order valence-corrected chi connectivity index (χ2v) is 8.23. The number of amides is 1. The summed E-state index contributed by atoms with van der Waals surface area (Å²) in [5.41, 5.74) is 0. The van der Waals surface area contributed by atoms with Crippen molar-refractivity contribution in [1.82, 2.24) is 4.90 Å². The molecule has 1 fully saturated rings. The predicted octanol–water partition coefficient (Wildman–Crippen LogP) is 0.950. The van der Waals surface area contributed by atoms with Crippen LogP contribution in [-0.2, 0) is 24.2 Å². The van der Waals surface area contributed by atoms with Gasteiger partial charge in [-0.3, -0.25) is 4.79 Å². The van der Waals surface area contributed by atoms with Crippen molar-refractivity contribution in [2.75, 3.05) is 25.2 Å². The molecule has 0 radical (unpaired) electrons. The normalized spacial score (nSPS) is 20.1. The molecule has 1 amide bonds. The Bertz CT molecular complexity index is 663. The number of ether oxygens (including phenoxy) is 1. The topological polar surface area (TPSA) is 80.8 Å². The van der Waals surface area contributed by atoms with Crippen LogP contribution in [0.25, 0.3) is 6.08 Å². The van der Waals surface area contributed by atoms with Gasteiger partial charge in [0.15, 0.2) is 16.4 Å². The van der Waals surface area contributed by atoms with Gasteiger partial charge in [0.2, 0.25) is 0 Å². The lowest BCUT2D eigenvalue weighted by Crippen LogP contribution is -2.40. The fourth-order valence-corrected chi connectivity index (χ4v) is 4.50. The fourth-order valence-electron chi connectivity index (χ4n) is 2.10. The molecule has 2 heterocycles. The van der Waals surface area contributed by atoms with Gasteiger partial charge < -0.3 is 9.64 Å². The van der Waals surface area contributed by atoms with E-state index >= 15 is 0 Å². The maximum atomic E-state index is 11.9. The van der Waals surface area contributed by atoms with E-state index in [-0.39, 0.29) is 24.2 Å². The van der Waals surface area contributed by atoms with Crippen molar-refractivity contribution in [3.8, 4) is 0 Å². The van der Waals surface area contributed by atoms with Crippen molar-refractivity contribution in [1.29, 1.82) is 0 Å². The highest BCUT2D eigenvalue weighted by atomic mass is 32.2. The molecule has 8 heteroatoms. The van der Waals surface area contributed by atoms with Gasteiger partial charge in [-0.15, -0.1) is 11.3 Å². The minimum absolute atomic E-state index is 0.0263. The highest BCUT2D eigenvalue weighted by Crippen LogP contribution is 2.16. The van der Waals surface area contributed by atoms with E-state index in [0.717, 1.165) is 4.88 Å². The lowest BCUT2D eigenvalue weighted by atomic mass is 10.2. The second kappa shape index (κ2) is 7.06. The third kappa shape index (κ3) is 4.67. The van der Waals surface area contributed by atoms with E-state index in [1.54, 1.807) is 6.08 Å². The van der Waals surface area contributed by atoms with Gasteiger partial charge in [-0.25, -0.2) is 13.2 Å². The summed E-state index contributed by atoms with van der Waals surface area (Å²) in [5, 5.41) is 1.89. The maximum absolute atomic E-state index is 11.9. The third-order valence-electron chi connectivity index (χ3n) is 3.41. The SMILES string of the molecule is CN(C(=O)COC(=O)/C=C/c1cccs1)[C@@H]1CCS(=O)(=O)C1. The van der Waals surface area contributed by atoms with Crippen LogP contribution in [0.5, 0.6) is 0 Å². The zero-order valence-corrected chi connectivity index (χ0v) is 13.7. The molecule has 22 heavy (non-hydrogen) atoms. The van der Waals surface area contributed by atoms with E-state index in [1.165, 1.54) is 29.4 Å². The van der Waals surface area contributed by atoms with Crippen molar-refractivity contribution >= 4 is 39.1 Å². The molecular formula is C14H17NO5S2. The monoisotopic (exact) mass is 343 g/mol. The molecule has 1 aliphatic rings. The van der Waals surface area contributed by atoms with Crippen LogP contribution in [0, 0.1) is 0 Å². The molecule has 0 unspecified atom stereocenters.